The van der Waals surface area contributed by atoms with Crippen molar-refractivity contribution in [2.45, 2.75) is 26.6 Å². The van der Waals surface area contributed by atoms with Crippen molar-refractivity contribution >= 4 is 43.9 Å². The van der Waals surface area contributed by atoms with Gasteiger partial charge in [0.1, 0.15) is 12.4 Å². The van der Waals surface area contributed by atoms with Crippen LogP contribution >= 0.6 is 27.3 Å². The maximum absolute atomic E-state index is 12.8. The molecular weight excluding hydrogens is 462 g/mol. The fraction of sp³-hybridized carbons (Fsp3) is 0.217. The minimum Gasteiger partial charge on any atom is -0.489 e. The van der Waals surface area contributed by atoms with Crippen LogP contribution in [0.3, 0.4) is 0 Å². The van der Waals surface area contributed by atoms with Crippen LogP contribution in [0.1, 0.15) is 27.9 Å². The molecule has 2 aromatic carbocycles. The molecule has 0 radical (unpaired) electrons. The van der Waals surface area contributed by atoms with Crippen molar-refractivity contribution in [2.24, 2.45) is 0 Å². The third kappa shape index (κ3) is 4.57. The second kappa shape index (κ2) is 9.02. The summed E-state index contributed by atoms with van der Waals surface area (Å²) in [6.45, 7) is 3.71. The van der Waals surface area contributed by atoms with E-state index >= 15 is 0 Å². The van der Waals surface area contributed by atoms with Crippen molar-refractivity contribution in [3.63, 3.8) is 0 Å². The lowest BCUT2D eigenvalue weighted by Gasteiger charge is -2.15. The summed E-state index contributed by atoms with van der Waals surface area (Å²) in [4.78, 5) is 15.2. The molecule has 2 heterocycles. The van der Waals surface area contributed by atoms with Gasteiger partial charge in [-0.2, -0.15) is 5.10 Å². The van der Waals surface area contributed by atoms with E-state index in [1.807, 2.05) is 53.5 Å². The Morgan fingerprint density at radius 1 is 1.20 bits per heavy atom. The topological polar surface area (TPSA) is 47.4 Å². The van der Waals surface area contributed by atoms with Gasteiger partial charge < -0.3 is 9.64 Å². The smallest absolute Gasteiger partial charge is 0.264 e. The lowest BCUT2D eigenvalue weighted by molar-refractivity contribution is 0.0787. The first-order valence-electron chi connectivity index (χ1n) is 9.70. The van der Waals surface area contributed by atoms with Crippen LogP contribution in [0, 0.1) is 0 Å². The number of rotatable bonds is 7. The lowest BCUT2D eigenvalue weighted by atomic mass is 10.1. The summed E-state index contributed by atoms with van der Waals surface area (Å²) in [6, 6.07) is 16.2. The Bertz CT molecular complexity index is 1180. The van der Waals surface area contributed by atoms with Crippen LogP contribution in [0.5, 0.6) is 5.75 Å². The molecule has 4 aromatic rings. The second-order valence-electron chi connectivity index (χ2n) is 7.06. The summed E-state index contributed by atoms with van der Waals surface area (Å²) in [5.41, 5.74) is 1.84. The molecule has 5 nitrogen and oxygen atoms in total. The van der Waals surface area contributed by atoms with E-state index in [1.54, 1.807) is 11.9 Å². The summed E-state index contributed by atoms with van der Waals surface area (Å²) >= 11 is 4.96. The molecule has 4 rings (SSSR count). The van der Waals surface area contributed by atoms with Gasteiger partial charge in [-0.3, -0.25) is 9.48 Å². The largest absolute Gasteiger partial charge is 0.489 e. The van der Waals surface area contributed by atoms with Crippen LogP contribution in [0.25, 0.3) is 10.8 Å². The van der Waals surface area contributed by atoms with Gasteiger partial charge in [0.15, 0.2) is 0 Å². The monoisotopic (exact) mass is 483 g/mol. The van der Waals surface area contributed by atoms with E-state index in [0.717, 1.165) is 33.4 Å². The predicted molar refractivity (Wildman–Crippen MR) is 124 cm³/mol. The molecular formula is C23H22BrN3O2S. The molecule has 30 heavy (non-hydrogen) atoms. The number of halogens is 1. The molecule has 0 spiro atoms. The van der Waals surface area contributed by atoms with Crippen molar-refractivity contribution in [1.29, 1.82) is 0 Å². The number of nitrogens with zero attached hydrogens (tertiary/aromatic N) is 3. The van der Waals surface area contributed by atoms with Crippen molar-refractivity contribution in [1.82, 2.24) is 14.7 Å². The van der Waals surface area contributed by atoms with Gasteiger partial charge in [-0.1, -0.05) is 30.3 Å². The first kappa shape index (κ1) is 20.6. The Kier molecular flexibility index (Phi) is 6.20. The van der Waals surface area contributed by atoms with E-state index in [4.69, 9.17) is 4.74 Å². The van der Waals surface area contributed by atoms with Crippen LogP contribution in [-0.4, -0.2) is 27.6 Å². The summed E-state index contributed by atoms with van der Waals surface area (Å²) in [5, 5.41) is 8.80. The van der Waals surface area contributed by atoms with Crippen LogP contribution in [0.15, 0.2) is 64.6 Å². The fourth-order valence-electron chi connectivity index (χ4n) is 3.18. The maximum Gasteiger partial charge on any atom is 0.264 e. The van der Waals surface area contributed by atoms with Gasteiger partial charge in [0.2, 0.25) is 0 Å². The highest BCUT2D eigenvalue weighted by Gasteiger charge is 2.17. The number of thiophene rings is 1. The Morgan fingerprint density at radius 2 is 2.00 bits per heavy atom. The van der Waals surface area contributed by atoms with Crippen molar-refractivity contribution in [2.75, 3.05) is 7.05 Å². The molecule has 0 saturated carbocycles. The zero-order chi connectivity index (χ0) is 21.1. The summed E-state index contributed by atoms with van der Waals surface area (Å²) < 4.78 is 8.71. The molecule has 1 amide bonds. The highest BCUT2D eigenvalue weighted by atomic mass is 79.9. The number of hydrogen-bond acceptors (Lipinski definition) is 4. The molecule has 0 atom stereocenters. The standard InChI is InChI=1S/C23H22BrN3O2S/c1-3-27-12-20(24)21(25-27)13-26(2)23(28)22-10-16(15-30-22)14-29-19-9-8-17-6-4-5-7-18(17)11-19/h4-12,15H,3,13-14H2,1-2H3. The maximum atomic E-state index is 12.8. The average Bonchev–Trinajstić information content (AvgIpc) is 3.38. The first-order valence-corrected chi connectivity index (χ1v) is 11.4. The molecule has 0 unspecified atom stereocenters. The second-order valence-corrected chi connectivity index (χ2v) is 8.82. The van der Waals surface area contributed by atoms with E-state index in [9.17, 15) is 4.79 Å². The third-order valence-corrected chi connectivity index (χ3v) is 6.47. The van der Waals surface area contributed by atoms with E-state index in [-0.39, 0.29) is 5.91 Å². The first-order chi connectivity index (χ1) is 14.5. The van der Waals surface area contributed by atoms with Gasteiger partial charge in [-0.05, 0) is 57.2 Å². The van der Waals surface area contributed by atoms with Gasteiger partial charge in [-0.25, -0.2) is 0 Å². The Morgan fingerprint density at radius 3 is 2.77 bits per heavy atom. The van der Waals surface area contributed by atoms with Gasteiger partial charge in [-0.15, -0.1) is 11.3 Å². The minimum atomic E-state index is -0.0186. The molecule has 0 N–H and O–H groups in total. The molecule has 7 heteroatoms. The molecule has 0 aliphatic rings. The Hall–Kier alpha value is -2.64. The Balaban J connectivity index is 1.38. The number of amides is 1. The van der Waals surface area contributed by atoms with Gasteiger partial charge in [0.05, 0.1) is 21.6 Å². The number of ether oxygens (including phenoxy) is 1. The number of benzene rings is 2. The highest BCUT2D eigenvalue weighted by Crippen LogP contribution is 2.24. The van der Waals surface area contributed by atoms with Gasteiger partial charge in [0.25, 0.3) is 5.91 Å². The molecule has 0 fully saturated rings. The number of carbonyl (C=O) groups excluding carboxylic acids is 1. The quantitative estimate of drug-likeness (QED) is 0.337. The van der Waals surface area contributed by atoms with Crippen molar-refractivity contribution < 1.29 is 9.53 Å². The molecule has 154 valence electrons. The average molecular weight is 484 g/mol. The van der Waals surface area contributed by atoms with E-state index < -0.39 is 0 Å². The van der Waals surface area contributed by atoms with E-state index in [2.05, 4.69) is 39.2 Å². The van der Waals surface area contributed by atoms with Crippen LogP contribution < -0.4 is 4.74 Å². The molecule has 0 aliphatic carbocycles. The highest BCUT2D eigenvalue weighted by molar-refractivity contribution is 9.10. The van der Waals surface area contributed by atoms with Crippen molar-refractivity contribution in [3.8, 4) is 5.75 Å². The summed E-state index contributed by atoms with van der Waals surface area (Å²) in [7, 11) is 1.80. The van der Waals surface area contributed by atoms with Crippen LogP contribution in [0.4, 0.5) is 0 Å². The van der Waals surface area contributed by atoms with E-state index in [1.165, 1.54) is 16.7 Å². The number of aryl methyl sites for hydroxylation is 1. The van der Waals surface area contributed by atoms with E-state index in [0.29, 0.717) is 18.0 Å². The third-order valence-electron chi connectivity index (χ3n) is 4.84. The zero-order valence-electron chi connectivity index (χ0n) is 16.8. The summed E-state index contributed by atoms with van der Waals surface area (Å²) in [6.07, 6.45) is 1.93. The zero-order valence-corrected chi connectivity index (χ0v) is 19.2. The number of aromatic nitrogens is 2. The normalized spacial score (nSPS) is 11.0. The minimum absolute atomic E-state index is 0.0186. The summed E-state index contributed by atoms with van der Waals surface area (Å²) in [5.74, 6) is 0.802. The molecule has 0 aliphatic heterocycles. The molecule has 0 saturated heterocycles. The number of carbonyl (C=O) groups is 1. The Labute approximate surface area is 188 Å². The molecule has 2 aromatic heterocycles. The van der Waals surface area contributed by atoms with Crippen LogP contribution in [-0.2, 0) is 19.7 Å². The van der Waals surface area contributed by atoms with Crippen LogP contribution in [0.2, 0.25) is 0 Å². The van der Waals surface area contributed by atoms with Crippen molar-refractivity contribution in [3.05, 3.63) is 80.7 Å². The fourth-order valence-corrected chi connectivity index (χ4v) is 4.51. The van der Waals surface area contributed by atoms with Gasteiger partial charge in [0, 0.05) is 25.4 Å². The van der Waals surface area contributed by atoms with Gasteiger partial charge >= 0.3 is 0 Å². The lowest BCUT2D eigenvalue weighted by Crippen LogP contribution is -2.25. The predicted octanol–water partition coefficient (Wildman–Crippen LogP) is 5.73. The molecule has 0 bridgehead atoms. The SMILES string of the molecule is CCn1cc(Br)c(CN(C)C(=O)c2cc(COc3ccc4ccccc4c3)cs2)n1. The number of hydrogen-bond donors (Lipinski definition) is 0. The number of fused-ring (bicyclic) bond motifs is 1.